The third-order valence-electron chi connectivity index (χ3n) is 2.61. The second-order valence-electron chi connectivity index (χ2n) is 4.21. The monoisotopic (exact) mass is 304 g/mol. The van der Waals surface area contributed by atoms with Crippen LogP contribution in [0.25, 0.3) is 0 Å². The molecule has 1 amide bonds. The summed E-state index contributed by atoms with van der Waals surface area (Å²) < 4.78 is 41.8. The van der Waals surface area contributed by atoms with Gasteiger partial charge >= 0.3 is 12.1 Å². The maximum absolute atomic E-state index is 12.4. The fraction of sp³-hybridized carbons (Fsp3) is 0.462. The summed E-state index contributed by atoms with van der Waals surface area (Å²) in [6.45, 7) is 2.01. The van der Waals surface area contributed by atoms with E-state index in [2.05, 4.69) is 4.98 Å². The standard InChI is InChI=1S/C13H15F3N2O3/c1-3-21-11(19)6-7-18(2)12(20)10-5-4-9(8-17-10)13(14,15)16/h4-5,8H,3,6-7H2,1-2H3. The van der Waals surface area contributed by atoms with E-state index in [1.807, 2.05) is 0 Å². The summed E-state index contributed by atoms with van der Waals surface area (Å²) in [5.41, 5.74) is -1.04. The molecule has 1 rings (SSSR count). The first kappa shape index (κ1) is 16.9. The molecule has 0 radical (unpaired) electrons. The van der Waals surface area contributed by atoms with Gasteiger partial charge in [0.1, 0.15) is 5.69 Å². The van der Waals surface area contributed by atoms with E-state index in [4.69, 9.17) is 4.74 Å². The molecule has 1 aromatic rings. The van der Waals surface area contributed by atoms with Crippen LogP contribution in [0, 0.1) is 0 Å². The van der Waals surface area contributed by atoms with Crippen molar-refractivity contribution in [1.82, 2.24) is 9.88 Å². The van der Waals surface area contributed by atoms with Gasteiger partial charge in [-0.15, -0.1) is 0 Å². The van der Waals surface area contributed by atoms with Gasteiger partial charge in [0, 0.05) is 19.8 Å². The Hall–Kier alpha value is -2.12. The van der Waals surface area contributed by atoms with E-state index in [0.717, 1.165) is 12.1 Å². The Balaban J connectivity index is 2.64. The van der Waals surface area contributed by atoms with Crippen molar-refractivity contribution in [3.63, 3.8) is 0 Å². The molecule has 0 fully saturated rings. The van der Waals surface area contributed by atoms with Crippen LogP contribution in [0.3, 0.4) is 0 Å². The first-order chi connectivity index (χ1) is 9.75. The number of nitrogens with zero attached hydrogens (tertiary/aromatic N) is 2. The molecule has 21 heavy (non-hydrogen) atoms. The largest absolute Gasteiger partial charge is 0.466 e. The number of hydrogen-bond donors (Lipinski definition) is 0. The predicted molar refractivity (Wildman–Crippen MR) is 67.4 cm³/mol. The Labute approximate surface area is 119 Å². The van der Waals surface area contributed by atoms with Gasteiger partial charge in [0.2, 0.25) is 0 Å². The van der Waals surface area contributed by atoms with E-state index in [1.165, 1.54) is 11.9 Å². The lowest BCUT2D eigenvalue weighted by Crippen LogP contribution is -2.30. The number of rotatable bonds is 5. The predicted octanol–water partition coefficient (Wildman–Crippen LogP) is 2.13. The van der Waals surface area contributed by atoms with Gasteiger partial charge in [-0.2, -0.15) is 13.2 Å². The smallest absolute Gasteiger partial charge is 0.417 e. The molecule has 0 aromatic carbocycles. The van der Waals surface area contributed by atoms with Gasteiger partial charge in [0.25, 0.3) is 5.91 Å². The Bertz CT molecular complexity index is 500. The van der Waals surface area contributed by atoms with Crippen LogP contribution >= 0.6 is 0 Å². The number of ether oxygens (including phenoxy) is 1. The van der Waals surface area contributed by atoms with E-state index in [1.54, 1.807) is 6.92 Å². The minimum atomic E-state index is -4.50. The van der Waals surface area contributed by atoms with Gasteiger partial charge in [-0.25, -0.2) is 0 Å². The molecule has 0 atom stereocenters. The molecule has 0 unspecified atom stereocenters. The van der Waals surface area contributed by atoms with E-state index >= 15 is 0 Å². The summed E-state index contributed by atoms with van der Waals surface area (Å²) in [4.78, 5) is 27.8. The molecule has 0 spiro atoms. The minimum absolute atomic E-state index is 0.0106. The first-order valence-corrected chi connectivity index (χ1v) is 6.20. The van der Waals surface area contributed by atoms with Crippen LogP contribution in [0.2, 0.25) is 0 Å². The number of carbonyl (C=O) groups is 2. The van der Waals surface area contributed by atoms with Crippen LogP contribution in [-0.4, -0.2) is 42.0 Å². The summed E-state index contributed by atoms with van der Waals surface area (Å²) in [6.07, 6.45) is -3.88. The van der Waals surface area contributed by atoms with Crippen LogP contribution in [0.4, 0.5) is 13.2 Å². The second-order valence-corrected chi connectivity index (χ2v) is 4.21. The van der Waals surface area contributed by atoms with Crippen LogP contribution in [0.5, 0.6) is 0 Å². The lowest BCUT2D eigenvalue weighted by atomic mass is 10.2. The highest BCUT2D eigenvalue weighted by Crippen LogP contribution is 2.28. The van der Waals surface area contributed by atoms with Gasteiger partial charge in [0.15, 0.2) is 0 Å². The van der Waals surface area contributed by atoms with Gasteiger partial charge in [0.05, 0.1) is 18.6 Å². The summed E-state index contributed by atoms with van der Waals surface area (Å²) in [6, 6.07) is 1.80. The Kier molecular flexibility index (Phi) is 5.69. The molecule has 116 valence electrons. The molecule has 0 N–H and O–H groups in total. The van der Waals surface area contributed by atoms with Gasteiger partial charge < -0.3 is 9.64 Å². The van der Waals surface area contributed by atoms with Gasteiger partial charge in [-0.05, 0) is 19.1 Å². The van der Waals surface area contributed by atoms with Crippen molar-refractivity contribution < 1.29 is 27.5 Å². The minimum Gasteiger partial charge on any atom is -0.466 e. The zero-order valence-corrected chi connectivity index (χ0v) is 11.6. The first-order valence-electron chi connectivity index (χ1n) is 6.20. The summed E-state index contributed by atoms with van der Waals surface area (Å²) in [5.74, 6) is -1.01. The van der Waals surface area contributed by atoms with E-state index in [9.17, 15) is 22.8 Å². The third-order valence-corrected chi connectivity index (χ3v) is 2.61. The summed E-state index contributed by atoms with van der Waals surface area (Å²) >= 11 is 0. The van der Waals surface area contributed by atoms with E-state index in [-0.39, 0.29) is 25.3 Å². The quantitative estimate of drug-likeness (QED) is 0.782. The van der Waals surface area contributed by atoms with Crippen molar-refractivity contribution in [1.29, 1.82) is 0 Å². The summed E-state index contributed by atoms with van der Waals surface area (Å²) in [5, 5.41) is 0. The number of halogens is 3. The zero-order chi connectivity index (χ0) is 16.0. The van der Waals surface area contributed by atoms with Crippen LogP contribution in [-0.2, 0) is 15.7 Å². The highest BCUT2D eigenvalue weighted by Gasteiger charge is 2.31. The van der Waals surface area contributed by atoms with Crippen molar-refractivity contribution in [2.75, 3.05) is 20.2 Å². The van der Waals surface area contributed by atoms with Crippen LogP contribution in [0.1, 0.15) is 29.4 Å². The van der Waals surface area contributed by atoms with Crippen LogP contribution in [0.15, 0.2) is 18.3 Å². The number of hydrogen-bond acceptors (Lipinski definition) is 4. The summed E-state index contributed by atoms with van der Waals surface area (Å²) in [7, 11) is 1.43. The molecule has 1 aromatic heterocycles. The molecule has 0 saturated heterocycles. The average Bonchev–Trinajstić information content (AvgIpc) is 2.43. The second kappa shape index (κ2) is 7.05. The fourth-order valence-corrected chi connectivity index (χ4v) is 1.48. The Morgan fingerprint density at radius 3 is 2.48 bits per heavy atom. The van der Waals surface area contributed by atoms with E-state index < -0.39 is 23.6 Å². The lowest BCUT2D eigenvalue weighted by Gasteiger charge is -2.16. The third kappa shape index (κ3) is 5.05. The molecule has 8 heteroatoms. The van der Waals surface area contributed by atoms with Crippen molar-refractivity contribution in [3.05, 3.63) is 29.6 Å². The number of pyridine rings is 1. The number of aromatic nitrogens is 1. The molecule has 0 saturated carbocycles. The fourth-order valence-electron chi connectivity index (χ4n) is 1.48. The molecule has 0 aliphatic carbocycles. The Morgan fingerprint density at radius 2 is 2.00 bits per heavy atom. The maximum atomic E-state index is 12.4. The van der Waals surface area contributed by atoms with Crippen molar-refractivity contribution >= 4 is 11.9 Å². The normalized spacial score (nSPS) is 11.1. The molecule has 5 nitrogen and oxygen atoms in total. The van der Waals surface area contributed by atoms with Crippen LogP contribution < -0.4 is 0 Å². The van der Waals surface area contributed by atoms with Gasteiger partial charge in [-0.1, -0.05) is 0 Å². The van der Waals surface area contributed by atoms with E-state index in [0.29, 0.717) is 6.20 Å². The number of carbonyl (C=O) groups excluding carboxylic acids is 2. The van der Waals surface area contributed by atoms with Gasteiger partial charge in [-0.3, -0.25) is 14.6 Å². The zero-order valence-electron chi connectivity index (χ0n) is 11.6. The highest BCUT2D eigenvalue weighted by molar-refractivity contribution is 5.92. The lowest BCUT2D eigenvalue weighted by molar-refractivity contribution is -0.143. The molecule has 0 bridgehead atoms. The molecular weight excluding hydrogens is 289 g/mol. The number of alkyl halides is 3. The highest BCUT2D eigenvalue weighted by atomic mass is 19.4. The molecule has 0 aliphatic heterocycles. The van der Waals surface area contributed by atoms with Crippen molar-refractivity contribution in [3.8, 4) is 0 Å². The molecule has 0 aliphatic rings. The number of esters is 1. The average molecular weight is 304 g/mol. The number of amides is 1. The maximum Gasteiger partial charge on any atom is 0.417 e. The SMILES string of the molecule is CCOC(=O)CCN(C)C(=O)c1ccc(C(F)(F)F)cn1. The molecule has 1 heterocycles. The van der Waals surface area contributed by atoms with Crippen molar-refractivity contribution in [2.45, 2.75) is 19.5 Å². The molecular formula is C13H15F3N2O3. The van der Waals surface area contributed by atoms with Crippen molar-refractivity contribution in [2.24, 2.45) is 0 Å². The Morgan fingerprint density at radius 1 is 1.33 bits per heavy atom. The topological polar surface area (TPSA) is 59.5 Å².